The van der Waals surface area contributed by atoms with Gasteiger partial charge in [-0.15, -0.1) is 0 Å². The number of urea groups is 1. The number of rotatable bonds is 5. The number of carbonyl (C=O) groups is 2. The molecule has 0 bridgehead atoms. The van der Waals surface area contributed by atoms with Crippen LogP contribution in [0.1, 0.15) is 25.8 Å². The molecule has 3 amide bonds. The van der Waals surface area contributed by atoms with Crippen LogP contribution in [0.15, 0.2) is 36.5 Å². The number of nitrogens with two attached hydrogens (primary N) is 1. The quantitative estimate of drug-likeness (QED) is 0.729. The molecule has 2 heterocycles. The second-order valence-corrected chi connectivity index (χ2v) is 6.97. The van der Waals surface area contributed by atoms with Gasteiger partial charge in [0, 0.05) is 19.2 Å². The minimum Gasteiger partial charge on any atom is -0.368 e. The van der Waals surface area contributed by atoms with Crippen molar-refractivity contribution in [3.8, 4) is 0 Å². The first kappa shape index (κ1) is 19.2. The van der Waals surface area contributed by atoms with Crippen LogP contribution in [0.4, 0.5) is 16.3 Å². The highest BCUT2D eigenvalue weighted by molar-refractivity contribution is 6.33. The molecule has 0 unspecified atom stereocenters. The molecule has 0 saturated carbocycles. The zero-order valence-electron chi connectivity index (χ0n) is 15.1. The highest BCUT2D eigenvalue weighted by Gasteiger charge is 2.27. The van der Waals surface area contributed by atoms with Gasteiger partial charge in [-0.2, -0.15) is 5.10 Å². The van der Waals surface area contributed by atoms with E-state index in [4.69, 9.17) is 17.3 Å². The zero-order valence-corrected chi connectivity index (χ0v) is 15.8. The van der Waals surface area contributed by atoms with Gasteiger partial charge < -0.3 is 11.1 Å². The maximum atomic E-state index is 12.3. The number of carbonyl (C=O) groups excluding carboxylic acids is 2. The summed E-state index contributed by atoms with van der Waals surface area (Å²) in [5.41, 5.74) is 5.93. The van der Waals surface area contributed by atoms with Crippen molar-refractivity contribution in [2.75, 3.05) is 23.7 Å². The summed E-state index contributed by atoms with van der Waals surface area (Å²) in [7, 11) is 0. The fourth-order valence-electron chi connectivity index (χ4n) is 3.23. The molecular formula is C18H23ClN6O2. The number of nitrogens with zero attached hydrogens (tertiary/aromatic N) is 3. The van der Waals surface area contributed by atoms with E-state index in [1.165, 1.54) is 0 Å². The average Bonchev–Trinajstić information content (AvgIpc) is 3.11. The van der Waals surface area contributed by atoms with Crippen LogP contribution >= 0.6 is 11.6 Å². The Morgan fingerprint density at radius 2 is 1.93 bits per heavy atom. The molecule has 1 aromatic carbocycles. The molecule has 0 aliphatic carbocycles. The fraction of sp³-hybridized carbons (Fsp3) is 0.389. The summed E-state index contributed by atoms with van der Waals surface area (Å²) in [5.74, 6) is 0.298. The molecule has 0 radical (unpaired) electrons. The van der Waals surface area contributed by atoms with Crippen LogP contribution in [0.2, 0.25) is 5.02 Å². The minimum atomic E-state index is -0.385. The second-order valence-electron chi connectivity index (χ2n) is 6.57. The molecule has 0 spiro atoms. The molecule has 3 rings (SSSR count). The van der Waals surface area contributed by atoms with E-state index < -0.39 is 0 Å². The van der Waals surface area contributed by atoms with Crippen molar-refractivity contribution >= 4 is 35.0 Å². The molecule has 1 fully saturated rings. The predicted molar refractivity (Wildman–Crippen MR) is 105 cm³/mol. The number of amides is 3. The summed E-state index contributed by atoms with van der Waals surface area (Å²) in [6, 6.07) is 8.28. The van der Waals surface area contributed by atoms with Crippen molar-refractivity contribution in [3.05, 3.63) is 41.6 Å². The number of likely N-dealkylation sites (tertiary alicyclic amines) is 1. The van der Waals surface area contributed by atoms with E-state index in [1.807, 2.05) is 11.6 Å². The van der Waals surface area contributed by atoms with Crippen molar-refractivity contribution in [1.82, 2.24) is 14.7 Å². The van der Waals surface area contributed by atoms with Gasteiger partial charge in [0.15, 0.2) is 0 Å². The number of aromatic nitrogens is 2. The van der Waals surface area contributed by atoms with Gasteiger partial charge in [0.1, 0.15) is 5.82 Å². The Bertz CT molecular complexity index is 816. The first-order chi connectivity index (χ1) is 13.0. The van der Waals surface area contributed by atoms with Gasteiger partial charge in [0.25, 0.3) is 0 Å². The van der Waals surface area contributed by atoms with Crippen LogP contribution in [0.25, 0.3) is 0 Å². The monoisotopic (exact) mass is 390 g/mol. The number of anilines is 2. The number of nitrogens with one attached hydrogen (secondary N) is 2. The third kappa shape index (κ3) is 4.58. The van der Waals surface area contributed by atoms with Gasteiger partial charge in [0.05, 0.1) is 29.0 Å². The number of para-hydroxylation sites is 1. The van der Waals surface area contributed by atoms with Crippen LogP contribution in [0, 0.1) is 0 Å². The maximum Gasteiger partial charge on any atom is 0.324 e. The highest BCUT2D eigenvalue weighted by Crippen LogP contribution is 2.26. The lowest BCUT2D eigenvalue weighted by Crippen LogP contribution is -2.46. The molecule has 144 valence electrons. The van der Waals surface area contributed by atoms with Gasteiger partial charge in [-0.1, -0.05) is 23.7 Å². The standard InChI is InChI=1S/C18H23ClN6O2/c1-12(17(20)26)24-10-7-13(8-11-24)25-16(6-9-21-25)23-18(27)22-15-5-3-2-4-14(15)19/h2-6,9,12-13H,7-8,10-11H2,1H3,(H2,20,26)(H2,22,23,27)/t12-/m0/s1. The van der Waals surface area contributed by atoms with Gasteiger partial charge in [-0.25, -0.2) is 9.48 Å². The minimum absolute atomic E-state index is 0.145. The maximum absolute atomic E-state index is 12.3. The van der Waals surface area contributed by atoms with E-state index in [1.54, 1.807) is 36.5 Å². The summed E-state index contributed by atoms with van der Waals surface area (Å²) in [5, 5.41) is 10.4. The van der Waals surface area contributed by atoms with E-state index in [2.05, 4.69) is 20.6 Å². The molecule has 1 aromatic heterocycles. The van der Waals surface area contributed by atoms with Gasteiger partial charge in [0.2, 0.25) is 5.91 Å². The number of hydrogen-bond donors (Lipinski definition) is 3. The first-order valence-electron chi connectivity index (χ1n) is 8.85. The number of benzene rings is 1. The van der Waals surface area contributed by atoms with Crippen molar-refractivity contribution in [1.29, 1.82) is 0 Å². The van der Waals surface area contributed by atoms with Crippen molar-refractivity contribution in [2.24, 2.45) is 5.73 Å². The predicted octanol–water partition coefficient (Wildman–Crippen LogP) is 2.69. The van der Waals surface area contributed by atoms with Crippen LogP contribution < -0.4 is 16.4 Å². The van der Waals surface area contributed by atoms with Gasteiger partial charge in [-0.05, 0) is 31.9 Å². The first-order valence-corrected chi connectivity index (χ1v) is 9.23. The highest BCUT2D eigenvalue weighted by atomic mass is 35.5. The van der Waals surface area contributed by atoms with E-state index in [9.17, 15) is 9.59 Å². The molecule has 1 saturated heterocycles. The van der Waals surface area contributed by atoms with Crippen molar-refractivity contribution in [3.63, 3.8) is 0 Å². The lowest BCUT2D eigenvalue weighted by molar-refractivity contribution is -0.123. The molecule has 1 atom stereocenters. The number of halogens is 1. The summed E-state index contributed by atoms with van der Waals surface area (Å²) >= 11 is 6.07. The largest absolute Gasteiger partial charge is 0.368 e. The Morgan fingerprint density at radius 1 is 1.22 bits per heavy atom. The third-order valence-corrected chi connectivity index (χ3v) is 5.17. The second kappa shape index (κ2) is 8.41. The lowest BCUT2D eigenvalue weighted by Gasteiger charge is -2.35. The van der Waals surface area contributed by atoms with E-state index in [-0.39, 0.29) is 24.0 Å². The summed E-state index contributed by atoms with van der Waals surface area (Å²) in [6.07, 6.45) is 3.30. The van der Waals surface area contributed by atoms with Crippen molar-refractivity contribution in [2.45, 2.75) is 31.8 Å². The molecule has 8 nitrogen and oxygen atoms in total. The molecule has 4 N–H and O–H groups in total. The Morgan fingerprint density at radius 3 is 2.59 bits per heavy atom. The molecule has 2 aromatic rings. The van der Waals surface area contributed by atoms with Crippen LogP contribution in [0.3, 0.4) is 0 Å². The Hall–Kier alpha value is -2.58. The Balaban J connectivity index is 1.61. The molecule has 27 heavy (non-hydrogen) atoms. The fourth-order valence-corrected chi connectivity index (χ4v) is 3.42. The van der Waals surface area contributed by atoms with E-state index >= 15 is 0 Å². The lowest BCUT2D eigenvalue weighted by atomic mass is 10.0. The smallest absolute Gasteiger partial charge is 0.324 e. The SMILES string of the molecule is C[C@@H](C(N)=O)N1CCC(n2nccc2NC(=O)Nc2ccccc2Cl)CC1. The molecular weight excluding hydrogens is 368 g/mol. The normalized spacial score (nSPS) is 16.7. The van der Waals surface area contributed by atoms with E-state index in [0.717, 1.165) is 25.9 Å². The topological polar surface area (TPSA) is 105 Å². The van der Waals surface area contributed by atoms with Crippen molar-refractivity contribution < 1.29 is 9.59 Å². The van der Waals surface area contributed by atoms with Crippen LogP contribution in [0.5, 0.6) is 0 Å². The van der Waals surface area contributed by atoms with Crippen LogP contribution in [-0.4, -0.2) is 45.8 Å². The summed E-state index contributed by atoms with van der Waals surface area (Å²) in [4.78, 5) is 25.7. The summed E-state index contributed by atoms with van der Waals surface area (Å²) in [6.45, 7) is 3.32. The van der Waals surface area contributed by atoms with Crippen LogP contribution in [-0.2, 0) is 4.79 Å². The molecule has 1 aliphatic rings. The van der Waals surface area contributed by atoms with Gasteiger partial charge >= 0.3 is 6.03 Å². The number of piperidine rings is 1. The molecule has 1 aliphatic heterocycles. The molecule has 9 heteroatoms. The number of hydrogen-bond acceptors (Lipinski definition) is 4. The Labute approximate surface area is 162 Å². The zero-order chi connectivity index (χ0) is 19.4. The third-order valence-electron chi connectivity index (χ3n) is 4.84. The Kier molecular flexibility index (Phi) is 5.98. The average molecular weight is 391 g/mol. The number of primary amides is 1. The van der Waals surface area contributed by atoms with E-state index in [0.29, 0.717) is 16.5 Å². The summed E-state index contributed by atoms with van der Waals surface area (Å²) < 4.78 is 1.82. The van der Waals surface area contributed by atoms with Gasteiger partial charge in [-0.3, -0.25) is 15.0 Å².